The van der Waals surface area contributed by atoms with Crippen LogP contribution in [0.15, 0.2) is 0 Å². The Balaban J connectivity index is 2.38. The third kappa shape index (κ3) is 1.96. The Bertz CT molecular complexity index is 96.7. The molecular weight excluding hydrogens is 176 g/mol. The zero-order chi connectivity index (χ0) is 6.91. The van der Waals surface area contributed by atoms with E-state index in [2.05, 4.69) is 29.8 Å². The number of alkyl halides is 1. The van der Waals surface area contributed by atoms with Crippen LogP contribution in [0.3, 0.4) is 0 Å². The summed E-state index contributed by atoms with van der Waals surface area (Å²) >= 11 is 3.53. The van der Waals surface area contributed by atoms with Gasteiger partial charge in [-0.1, -0.05) is 29.8 Å². The summed E-state index contributed by atoms with van der Waals surface area (Å²) in [5.74, 6) is 0.958. The molecule has 1 fully saturated rings. The van der Waals surface area contributed by atoms with Gasteiger partial charge >= 0.3 is 0 Å². The van der Waals surface area contributed by atoms with E-state index in [1.165, 1.54) is 24.6 Å². The summed E-state index contributed by atoms with van der Waals surface area (Å²) in [6.07, 6.45) is 4.26. The molecule has 0 aromatic rings. The van der Waals surface area contributed by atoms with Crippen LogP contribution in [0.4, 0.5) is 0 Å². The van der Waals surface area contributed by atoms with Gasteiger partial charge in [0, 0.05) is 5.33 Å². The van der Waals surface area contributed by atoms with Gasteiger partial charge in [-0.25, -0.2) is 0 Å². The zero-order valence-electron chi connectivity index (χ0n) is 6.28. The minimum absolute atomic E-state index is 0.637. The SMILES string of the molecule is CC1(C)CCC(CBr)C1. The Hall–Kier alpha value is 0.480. The first-order valence-electron chi connectivity index (χ1n) is 3.70. The molecule has 1 unspecified atom stereocenters. The van der Waals surface area contributed by atoms with Gasteiger partial charge < -0.3 is 0 Å². The fourth-order valence-corrected chi connectivity index (χ4v) is 2.26. The summed E-state index contributed by atoms with van der Waals surface area (Å²) < 4.78 is 0. The van der Waals surface area contributed by atoms with Gasteiger partial charge in [0.2, 0.25) is 0 Å². The molecule has 0 saturated heterocycles. The zero-order valence-corrected chi connectivity index (χ0v) is 7.87. The number of hydrogen-bond acceptors (Lipinski definition) is 0. The van der Waals surface area contributed by atoms with Gasteiger partial charge in [0.15, 0.2) is 0 Å². The maximum atomic E-state index is 3.53. The summed E-state index contributed by atoms with van der Waals surface area (Å²) in [5.41, 5.74) is 0.637. The maximum absolute atomic E-state index is 3.53. The third-order valence-electron chi connectivity index (χ3n) is 2.29. The summed E-state index contributed by atoms with van der Waals surface area (Å²) in [4.78, 5) is 0. The fraction of sp³-hybridized carbons (Fsp3) is 1.00. The summed E-state index contributed by atoms with van der Waals surface area (Å²) in [7, 11) is 0. The first-order valence-corrected chi connectivity index (χ1v) is 4.82. The van der Waals surface area contributed by atoms with E-state index in [0.717, 1.165) is 5.92 Å². The fourth-order valence-electron chi connectivity index (χ4n) is 1.71. The smallest absolute Gasteiger partial charge is 0.00598 e. The standard InChI is InChI=1S/C8H15Br/c1-8(2)4-3-7(5-8)6-9/h7H,3-6H2,1-2H3. The van der Waals surface area contributed by atoms with Gasteiger partial charge in [0.1, 0.15) is 0 Å². The van der Waals surface area contributed by atoms with Gasteiger partial charge in [-0.15, -0.1) is 0 Å². The highest BCUT2D eigenvalue weighted by Crippen LogP contribution is 2.41. The lowest BCUT2D eigenvalue weighted by Gasteiger charge is -2.15. The van der Waals surface area contributed by atoms with Crippen LogP contribution in [0.5, 0.6) is 0 Å². The molecule has 1 atom stereocenters. The van der Waals surface area contributed by atoms with Crippen molar-refractivity contribution in [3.63, 3.8) is 0 Å². The molecule has 1 heteroatoms. The van der Waals surface area contributed by atoms with E-state index in [-0.39, 0.29) is 0 Å². The molecular formula is C8H15Br. The molecule has 1 saturated carbocycles. The van der Waals surface area contributed by atoms with E-state index in [1.807, 2.05) is 0 Å². The van der Waals surface area contributed by atoms with Crippen molar-refractivity contribution in [1.29, 1.82) is 0 Å². The van der Waals surface area contributed by atoms with E-state index in [1.54, 1.807) is 0 Å². The van der Waals surface area contributed by atoms with Crippen LogP contribution in [-0.2, 0) is 0 Å². The predicted molar refractivity (Wildman–Crippen MR) is 44.9 cm³/mol. The van der Waals surface area contributed by atoms with Gasteiger partial charge in [-0.2, -0.15) is 0 Å². The second-order valence-corrected chi connectivity index (χ2v) is 4.57. The second-order valence-electron chi connectivity index (χ2n) is 3.93. The van der Waals surface area contributed by atoms with Crippen LogP contribution in [0, 0.1) is 11.3 Å². The largest absolute Gasteiger partial charge is 0.0925 e. The lowest BCUT2D eigenvalue weighted by Crippen LogP contribution is -2.05. The number of rotatable bonds is 1. The van der Waals surface area contributed by atoms with Crippen molar-refractivity contribution in [3.8, 4) is 0 Å². The van der Waals surface area contributed by atoms with Crippen LogP contribution >= 0.6 is 15.9 Å². The van der Waals surface area contributed by atoms with Crippen molar-refractivity contribution in [2.75, 3.05) is 5.33 Å². The molecule has 54 valence electrons. The number of hydrogen-bond donors (Lipinski definition) is 0. The monoisotopic (exact) mass is 190 g/mol. The molecule has 0 amide bonds. The first kappa shape index (κ1) is 7.59. The molecule has 1 aliphatic rings. The predicted octanol–water partition coefficient (Wildman–Crippen LogP) is 3.21. The third-order valence-corrected chi connectivity index (χ3v) is 3.20. The molecule has 0 spiro atoms. The van der Waals surface area contributed by atoms with Gasteiger partial charge in [0.05, 0.1) is 0 Å². The molecule has 0 aliphatic heterocycles. The molecule has 0 heterocycles. The summed E-state index contributed by atoms with van der Waals surface area (Å²) in [6.45, 7) is 4.74. The molecule has 1 rings (SSSR count). The lowest BCUT2D eigenvalue weighted by atomic mass is 9.91. The summed E-state index contributed by atoms with van der Waals surface area (Å²) in [5, 5.41) is 1.20. The molecule has 0 bridgehead atoms. The lowest BCUT2D eigenvalue weighted by molar-refractivity contribution is 0.368. The number of halogens is 1. The highest BCUT2D eigenvalue weighted by molar-refractivity contribution is 9.09. The normalized spacial score (nSPS) is 33.0. The first-order chi connectivity index (χ1) is 4.14. The Morgan fingerprint density at radius 2 is 2.22 bits per heavy atom. The molecule has 0 aromatic carbocycles. The molecule has 0 nitrogen and oxygen atoms in total. The highest BCUT2D eigenvalue weighted by atomic mass is 79.9. The van der Waals surface area contributed by atoms with E-state index >= 15 is 0 Å². The van der Waals surface area contributed by atoms with Crippen molar-refractivity contribution < 1.29 is 0 Å². The average molecular weight is 191 g/mol. The van der Waals surface area contributed by atoms with Crippen molar-refractivity contribution >= 4 is 15.9 Å². The Labute approximate surface area is 66.2 Å². The molecule has 9 heavy (non-hydrogen) atoms. The van der Waals surface area contributed by atoms with Gasteiger partial charge in [-0.3, -0.25) is 0 Å². The average Bonchev–Trinajstić information content (AvgIpc) is 2.10. The van der Waals surface area contributed by atoms with E-state index < -0.39 is 0 Å². The maximum Gasteiger partial charge on any atom is 0.00598 e. The Kier molecular flexibility index (Phi) is 2.20. The second kappa shape index (κ2) is 2.61. The quantitative estimate of drug-likeness (QED) is 0.558. The molecule has 0 N–H and O–H groups in total. The Morgan fingerprint density at radius 1 is 1.56 bits per heavy atom. The van der Waals surface area contributed by atoms with Crippen LogP contribution in [-0.4, -0.2) is 5.33 Å². The van der Waals surface area contributed by atoms with Crippen molar-refractivity contribution in [3.05, 3.63) is 0 Å². The molecule has 1 aliphatic carbocycles. The van der Waals surface area contributed by atoms with Crippen LogP contribution < -0.4 is 0 Å². The van der Waals surface area contributed by atoms with E-state index in [9.17, 15) is 0 Å². The van der Waals surface area contributed by atoms with Crippen LogP contribution in [0.25, 0.3) is 0 Å². The van der Waals surface area contributed by atoms with Crippen LogP contribution in [0.2, 0.25) is 0 Å². The molecule has 0 aromatic heterocycles. The van der Waals surface area contributed by atoms with Crippen molar-refractivity contribution in [2.45, 2.75) is 33.1 Å². The van der Waals surface area contributed by atoms with Gasteiger partial charge in [0.25, 0.3) is 0 Å². The van der Waals surface area contributed by atoms with Crippen molar-refractivity contribution in [1.82, 2.24) is 0 Å². The van der Waals surface area contributed by atoms with Crippen LogP contribution in [0.1, 0.15) is 33.1 Å². The minimum atomic E-state index is 0.637. The minimum Gasteiger partial charge on any atom is -0.0925 e. The summed E-state index contributed by atoms with van der Waals surface area (Å²) in [6, 6.07) is 0. The topological polar surface area (TPSA) is 0 Å². The highest BCUT2D eigenvalue weighted by Gasteiger charge is 2.29. The van der Waals surface area contributed by atoms with Crippen molar-refractivity contribution in [2.24, 2.45) is 11.3 Å². The molecule has 0 radical (unpaired) electrons. The van der Waals surface area contributed by atoms with E-state index in [0.29, 0.717) is 5.41 Å². The van der Waals surface area contributed by atoms with Gasteiger partial charge in [-0.05, 0) is 30.6 Å². The Morgan fingerprint density at radius 3 is 2.44 bits per heavy atom. The van der Waals surface area contributed by atoms with E-state index in [4.69, 9.17) is 0 Å².